The average molecular weight is 420 g/mol. The number of aryl methyl sites for hydroxylation is 2. The Hall–Kier alpha value is -1.44. The van der Waals surface area contributed by atoms with E-state index < -0.39 is 0 Å². The largest absolute Gasteiger partial charge is 0.356 e. The van der Waals surface area contributed by atoms with Crippen LogP contribution >= 0.6 is 22.7 Å². The minimum absolute atomic E-state index is 0.515. The lowest BCUT2D eigenvalue weighted by Gasteiger charge is -2.39. The average Bonchev–Trinajstić information content (AvgIpc) is 3.36. The number of thiazole rings is 1. The van der Waals surface area contributed by atoms with Gasteiger partial charge in [-0.3, -0.25) is 9.89 Å². The Morgan fingerprint density at radius 3 is 2.93 bits per heavy atom. The van der Waals surface area contributed by atoms with Crippen molar-refractivity contribution in [2.45, 2.75) is 45.1 Å². The highest BCUT2D eigenvalue weighted by molar-refractivity contribution is 7.10. The maximum atomic E-state index is 4.53. The van der Waals surface area contributed by atoms with E-state index in [2.05, 4.69) is 62.4 Å². The van der Waals surface area contributed by atoms with E-state index in [0.29, 0.717) is 12.0 Å². The molecule has 0 aromatic carbocycles. The molecule has 3 rings (SSSR count). The molecule has 0 bridgehead atoms. The van der Waals surface area contributed by atoms with Crippen LogP contribution in [0.3, 0.4) is 0 Å². The zero-order valence-electron chi connectivity index (χ0n) is 17.3. The summed E-state index contributed by atoms with van der Waals surface area (Å²) in [5.74, 6) is 1.53. The van der Waals surface area contributed by atoms with E-state index in [1.807, 2.05) is 18.4 Å². The predicted molar refractivity (Wildman–Crippen MR) is 122 cm³/mol. The molecule has 0 amide bonds. The Morgan fingerprint density at radius 1 is 1.32 bits per heavy atom. The lowest BCUT2D eigenvalue weighted by Crippen LogP contribution is -2.45. The summed E-state index contributed by atoms with van der Waals surface area (Å²) in [6, 6.07) is 4.96. The number of nitrogens with one attached hydrogen (secondary N) is 2. The van der Waals surface area contributed by atoms with Crippen LogP contribution in [0.2, 0.25) is 0 Å². The topological polar surface area (TPSA) is 52.6 Å². The number of rotatable bonds is 8. The molecule has 1 aliphatic rings. The molecule has 5 nitrogen and oxygen atoms in total. The molecule has 154 valence electrons. The van der Waals surface area contributed by atoms with Gasteiger partial charge >= 0.3 is 0 Å². The zero-order valence-corrected chi connectivity index (χ0v) is 18.9. The van der Waals surface area contributed by atoms with Gasteiger partial charge in [-0.1, -0.05) is 6.07 Å². The van der Waals surface area contributed by atoms with Crippen LogP contribution in [0, 0.1) is 12.8 Å². The van der Waals surface area contributed by atoms with Crippen LogP contribution in [0.4, 0.5) is 0 Å². The SMILES string of the molecule is CN=C(NCCCCc1nc(C)cs1)NCC1CCCN(C)C1c1cccs1. The number of hydrogen-bond donors (Lipinski definition) is 2. The summed E-state index contributed by atoms with van der Waals surface area (Å²) in [5.41, 5.74) is 1.14. The van der Waals surface area contributed by atoms with Gasteiger partial charge in [0.1, 0.15) is 0 Å². The number of aliphatic imine (C=N–C) groups is 1. The van der Waals surface area contributed by atoms with Gasteiger partial charge in [-0.25, -0.2) is 4.98 Å². The molecule has 0 saturated carbocycles. The van der Waals surface area contributed by atoms with Gasteiger partial charge in [0.15, 0.2) is 5.96 Å². The van der Waals surface area contributed by atoms with Crippen molar-refractivity contribution in [2.75, 3.05) is 33.7 Å². The first kappa shape index (κ1) is 21.3. The molecule has 7 heteroatoms. The molecule has 28 heavy (non-hydrogen) atoms. The molecule has 2 aromatic heterocycles. The Labute approximate surface area is 177 Å². The first-order valence-electron chi connectivity index (χ1n) is 10.3. The fourth-order valence-corrected chi connectivity index (χ4v) is 5.76. The van der Waals surface area contributed by atoms with E-state index in [0.717, 1.165) is 44.0 Å². The zero-order chi connectivity index (χ0) is 19.8. The van der Waals surface area contributed by atoms with Gasteiger partial charge < -0.3 is 10.6 Å². The van der Waals surface area contributed by atoms with Crippen LogP contribution in [0.15, 0.2) is 27.9 Å². The molecule has 0 aliphatic carbocycles. The van der Waals surface area contributed by atoms with Crippen molar-refractivity contribution < 1.29 is 0 Å². The van der Waals surface area contributed by atoms with Gasteiger partial charge in [-0.15, -0.1) is 22.7 Å². The van der Waals surface area contributed by atoms with E-state index in [9.17, 15) is 0 Å². The van der Waals surface area contributed by atoms with E-state index in [4.69, 9.17) is 0 Å². The van der Waals surface area contributed by atoms with Crippen molar-refractivity contribution in [2.24, 2.45) is 10.9 Å². The molecule has 1 fully saturated rings. The third kappa shape index (κ3) is 6.03. The third-order valence-corrected chi connectivity index (χ3v) is 7.34. The van der Waals surface area contributed by atoms with E-state index in [1.165, 1.54) is 29.3 Å². The van der Waals surface area contributed by atoms with Crippen molar-refractivity contribution in [1.82, 2.24) is 20.5 Å². The van der Waals surface area contributed by atoms with Crippen molar-refractivity contribution in [3.05, 3.63) is 38.5 Å². The first-order valence-corrected chi connectivity index (χ1v) is 12.0. The first-order chi connectivity index (χ1) is 13.7. The highest BCUT2D eigenvalue weighted by Crippen LogP contribution is 2.36. The number of nitrogens with zero attached hydrogens (tertiary/aromatic N) is 3. The van der Waals surface area contributed by atoms with Gasteiger partial charge in [-0.2, -0.15) is 0 Å². The van der Waals surface area contributed by atoms with Gasteiger partial charge in [0.25, 0.3) is 0 Å². The van der Waals surface area contributed by atoms with Gasteiger partial charge in [-0.05, 0) is 70.0 Å². The van der Waals surface area contributed by atoms with Crippen LogP contribution in [0.25, 0.3) is 0 Å². The molecule has 1 saturated heterocycles. The molecule has 3 heterocycles. The minimum Gasteiger partial charge on any atom is -0.356 e. The number of hydrogen-bond acceptors (Lipinski definition) is 5. The predicted octanol–water partition coefficient (Wildman–Crippen LogP) is 4.08. The maximum absolute atomic E-state index is 4.53. The van der Waals surface area contributed by atoms with Crippen molar-refractivity contribution >= 4 is 28.6 Å². The third-order valence-electron chi connectivity index (χ3n) is 5.37. The van der Waals surface area contributed by atoms with Crippen molar-refractivity contribution in [3.8, 4) is 0 Å². The molecule has 0 spiro atoms. The Kier molecular flexibility index (Phi) is 8.30. The van der Waals surface area contributed by atoms with Gasteiger partial charge in [0.2, 0.25) is 0 Å². The lowest BCUT2D eigenvalue weighted by atomic mass is 9.88. The Balaban J connectivity index is 1.40. The number of guanidine groups is 1. The second-order valence-corrected chi connectivity index (χ2v) is 9.48. The summed E-state index contributed by atoms with van der Waals surface area (Å²) in [7, 11) is 4.12. The normalized spacial score (nSPS) is 21.0. The summed E-state index contributed by atoms with van der Waals surface area (Å²) in [6.45, 7) is 5.16. The quantitative estimate of drug-likeness (QED) is 0.384. The summed E-state index contributed by atoms with van der Waals surface area (Å²) >= 11 is 3.65. The number of piperidine rings is 1. The van der Waals surface area contributed by atoms with Crippen molar-refractivity contribution in [1.29, 1.82) is 0 Å². The monoisotopic (exact) mass is 419 g/mol. The summed E-state index contributed by atoms with van der Waals surface area (Å²) in [4.78, 5) is 12.9. The smallest absolute Gasteiger partial charge is 0.190 e. The van der Waals surface area contributed by atoms with Crippen molar-refractivity contribution in [3.63, 3.8) is 0 Å². The number of unbranched alkanes of at least 4 members (excludes halogenated alkanes) is 1. The standard InChI is InChI=1S/C21H33N5S2/c1-16-15-28-19(25-16)10-4-5-11-23-21(22-2)24-14-17-8-6-12-26(3)20(17)18-9-7-13-27-18/h7,9,13,15,17,20H,4-6,8,10-12,14H2,1-3H3,(H2,22,23,24). The minimum atomic E-state index is 0.515. The van der Waals surface area contributed by atoms with Crippen LogP contribution in [0.5, 0.6) is 0 Å². The van der Waals surface area contributed by atoms with Crippen LogP contribution < -0.4 is 10.6 Å². The molecular weight excluding hydrogens is 386 g/mol. The van der Waals surface area contributed by atoms with Crippen LogP contribution in [-0.4, -0.2) is 49.6 Å². The molecule has 1 aliphatic heterocycles. The molecule has 0 radical (unpaired) electrons. The Morgan fingerprint density at radius 2 is 2.21 bits per heavy atom. The second kappa shape index (κ2) is 10.9. The summed E-state index contributed by atoms with van der Waals surface area (Å²) < 4.78 is 0. The molecule has 2 N–H and O–H groups in total. The highest BCUT2D eigenvalue weighted by Gasteiger charge is 2.31. The van der Waals surface area contributed by atoms with E-state index >= 15 is 0 Å². The van der Waals surface area contributed by atoms with E-state index in [-0.39, 0.29) is 0 Å². The summed E-state index contributed by atoms with van der Waals surface area (Å²) in [5, 5.41) is 12.6. The number of thiophene rings is 1. The molecule has 2 aromatic rings. The van der Waals surface area contributed by atoms with E-state index in [1.54, 1.807) is 11.3 Å². The Bertz CT molecular complexity index is 725. The van der Waals surface area contributed by atoms with Gasteiger partial charge in [0, 0.05) is 42.1 Å². The fourth-order valence-electron chi connectivity index (χ4n) is 3.96. The molecule has 2 atom stereocenters. The molecule has 2 unspecified atom stereocenters. The lowest BCUT2D eigenvalue weighted by molar-refractivity contribution is 0.125. The summed E-state index contributed by atoms with van der Waals surface area (Å²) in [6.07, 6.45) is 5.90. The van der Waals surface area contributed by atoms with Crippen LogP contribution in [-0.2, 0) is 6.42 Å². The molecular formula is C21H33N5S2. The maximum Gasteiger partial charge on any atom is 0.190 e. The highest BCUT2D eigenvalue weighted by atomic mass is 32.1. The van der Waals surface area contributed by atoms with Crippen LogP contribution in [0.1, 0.15) is 47.3 Å². The number of likely N-dealkylation sites (tertiary alicyclic amines) is 1. The fraction of sp³-hybridized carbons (Fsp3) is 0.619. The number of aromatic nitrogens is 1. The second-order valence-electron chi connectivity index (χ2n) is 7.56. The van der Waals surface area contributed by atoms with Gasteiger partial charge in [0.05, 0.1) is 5.01 Å².